The van der Waals surface area contributed by atoms with E-state index in [0.717, 1.165) is 12.8 Å². The highest BCUT2D eigenvalue weighted by atomic mass is 35.5. The van der Waals surface area contributed by atoms with Crippen molar-refractivity contribution in [3.05, 3.63) is 39.9 Å². The lowest BCUT2D eigenvalue weighted by Gasteiger charge is -2.30. The van der Waals surface area contributed by atoms with Gasteiger partial charge < -0.3 is 10.6 Å². The Bertz CT molecular complexity index is 473. The van der Waals surface area contributed by atoms with Crippen LogP contribution in [0, 0.1) is 10.1 Å². The highest BCUT2D eigenvalue weighted by molar-refractivity contribution is 5.98. The number of amides is 1. The Morgan fingerprint density at radius 2 is 1.89 bits per heavy atom. The summed E-state index contributed by atoms with van der Waals surface area (Å²) in [6, 6.07) is 6.16. The number of likely N-dealkylation sites (tertiary alicyclic amines) is 1. The van der Waals surface area contributed by atoms with Crippen molar-refractivity contribution < 1.29 is 9.72 Å². The van der Waals surface area contributed by atoms with Gasteiger partial charge in [-0.2, -0.15) is 0 Å². The standard InChI is InChI=1S/C12H15N3O3.ClH/c13-9-5-7-14(8-6-9)12(16)10-3-1-2-4-11(10)15(17)18;/h1-4,9H,5-8,13H2;1H. The van der Waals surface area contributed by atoms with E-state index < -0.39 is 4.92 Å². The fourth-order valence-corrected chi connectivity index (χ4v) is 2.09. The van der Waals surface area contributed by atoms with Gasteiger partial charge in [-0.15, -0.1) is 12.4 Å². The molecule has 2 rings (SSSR count). The number of piperidine rings is 1. The van der Waals surface area contributed by atoms with Crippen molar-refractivity contribution in [3.8, 4) is 0 Å². The van der Waals surface area contributed by atoms with Gasteiger partial charge in [-0.25, -0.2) is 0 Å². The van der Waals surface area contributed by atoms with Gasteiger partial charge in [0, 0.05) is 25.2 Å². The van der Waals surface area contributed by atoms with Gasteiger partial charge in [0.15, 0.2) is 0 Å². The lowest BCUT2D eigenvalue weighted by atomic mass is 10.0. The summed E-state index contributed by atoms with van der Waals surface area (Å²) in [6.07, 6.45) is 1.48. The van der Waals surface area contributed by atoms with Gasteiger partial charge in [-0.1, -0.05) is 12.1 Å². The van der Waals surface area contributed by atoms with Crippen LogP contribution in [-0.2, 0) is 0 Å². The van der Waals surface area contributed by atoms with Gasteiger partial charge in [-0.05, 0) is 18.9 Å². The molecule has 0 bridgehead atoms. The predicted octanol–water partition coefficient (Wildman–Crippen LogP) is 1.58. The molecule has 0 atom stereocenters. The molecule has 0 spiro atoms. The molecule has 6 nitrogen and oxygen atoms in total. The van der Waals surface area contributed by atoms with E-state index in [1.54, 1.807) is 17.0 Å². The maximum atomic E-state index is 12.2. The highest BCUT2D eigenvalue weighted by Crippen LogP contribution is 2.21. The average Bonchev–Trinajstić information content (AvgIpc) is 2.39. The van der Waals surface area contributed by atoms with Crippen LogP contribution in [-0.4, -0.2) is 34.9 Å². The Morgan fingerprint density at radius 1 is 1.32 bits per heavy atom. The number of carbonyl (C=O) groups excluding carboxylic acids is 1. The largest absolute Gasteiger partial charge is 0.338 e. The Morgan fingerprint density at radius 3 is 2.47 bits per heavy atom. The first kappa shape index (κ1) is 15.4. The average molecular weight is 286 g/mol. The van der Waals surface area contributed by atoms with E-state index in [2.05, 4.69) is 0 Å². The van der Waals surface area contributed by atoms with E-state index in [9.17, 15) is 14.9 Å². The van der Waals surface area contributed by atoms with E-state index in [1.165, 1.54) is 12.1 Å². The van der Waals surface area contributed by atoms with Gasteiger partial charge in [0.1, 0.15) is 5.56 Å². The molecule has 1 aliphatic heterocycles. The summed E-state index contributed by atoms with van der Waals surface area (Å²) in [5.41, 5.74) is 5.78. The molecule has 0 unspecified atom stereocenters. The molecule has 1 aromatic carbocycles. The van der Waals surface area contributed by atoms with Crippen molar-refractivity contribution in [2.45, 2.75) is 18.9 Å². The third-order valence-electron chi connectivity index (χ3n) is 3.16. The van der Waals surface area contributed by atoms with Crippen LogP contribution < -0.4 is 5.73 Å². The maximum absolute atomic E-state index is 12.2. The van der Waals surface area contributed by atoms with Crippen molar-refractivity contribution in [2.75, 3.05) is 13.1 Å². The van der Waals surface area contributed by atoms with Gasteiger partial charge in [0.05, 0.1) is 4.92 Å². The normalized spacial score (nSPS) is 15.7. The summed E-state index contributed by atoms with van der Waals surface area (Å²) in [7, 11) is 0. The molecule has 0 aliphatic carbocycles. The fourth-order valence-electron chi connectivity index (χ4n) is 2.09. The van der Waals surface area contributed by atoms with Gasteiger partial charge in [-0.3, -0.25) is 14.9 Å². The van der Waals surface area contributed by atoms with E-state index in [4.69, 9.17) is 5.73 Å². The van der Waals surface area contributed by atoms with Gasteiger partial charge in [0.25, 0.3) is 11.6 Å². The number of para-hydroxylation sites is 1. The smallest absolute Gasteiger partial charge is 0.282 e. The van der Waals surface area contributed by atoms with Gasteiger partial charge in [0.2, 0.25) is 0 Å². The second kappa shape index (κ2) is 6.49. The van der Waals surface area contributed by atoms with Crippen LogP contribution in [0.1, 0.15) is 23.2 Å². The third kappa shape index (κ3) is 3.42. The number of rotatable bonds is 2. The monoisotopic (exact) mass is 285 g/mol. The number of halogens is 1. The van der Waals surface area contributed by atoms with Crippen molar-refractivity contribution in [1.29, 1.82) is 0 Å². The quantitative estimate of drug-likeness (QED) is 0.660. The highest BCUT2D eigenvalue weighted by Gasteiger charge is 2.26. The van der Waals surface area contributed by atoms with Crippen molar-refractivity contribution >= 4 is 24.0 Å². The summed E-state index contributed by atoms with van der Waals surface area (Å²) in [4.78, 5) is 24.2. The molecular weight excluding hydrogens is 270 g/mol. The topological polar surface area (TPSA) is 89.5 Å². The first-order valence-corrected chi connectivity index (χ1v) is 5.88. The Balaban J connectivity index is 0.00000180. The van der Waals surface area contributed by atoms with Gasteiger partial charge >= 0.3 is 0 Å². The summed E-state index contributed by atoms with van der Waals surface area (Å²) in [5, 5.41) is 10.9. The fraction of sp³-hybridized carbons (Fsp3) is 0.417. The minimum atomic E-state index is -0.525. The molecule has 0 saturated carbocycles. The molecule has 1 amide bonds. The molecule has 0 radical (unpaired) electrons. The number of nitro groups is 1. The van der Waals surface area contributed by atoms with Crippen molar-refractivity contribution in [1.82, 2.24) is 4.90 Å². The zero-order valence-corrected chi connectivity index (χ0v) is 11.1. The predicted molar refractivity (Wildman–Crippen MR) is 73.5 cm³/mol. The number of nitro benzene ring substituents is 1. The van der Waals surface area contributed by atoms with Crippen LogP contribution in [0.5, 0.6) is 0 Å². The molecule has 1 saturated heterocycles. The van der Waals surface area contributed by atoms with E-state index >= 15 is 0 Å². The van der Waals surface area contributed by atoms with Crippen LogP contribution in [0.25, 0.3) is 0 Å². The van der Waals surface area contributed by atoms with Crippen LogP contribution >= 0.6 is 12.4 Å². The lowest BCUT2D eigenvalue weighted by molar-refractivity contribution is -0.385. The molecule has 1 heterocycles. The Hall–Kier alpha value is -1.66. The summed E-state index contributed by atoms with van der Waals surface area (Å²) >= 11 is 0. The molecule has 104 valence electrons. The van der Waals surface area contributed by atoms with Crippen LogP contribution in [0.2, 0.25) is 0 Å². The minimum Gasteiger partial charge on any atom is -0.338 e. The molecule has 1 aromatic rings. The number of benzene rings is 1. The lowest BCUT2D eigenvalue weighted by Crippen LogP contribution is -2.43. The maximum Gasteiger partial charge on any atom is 0.282 e. The minimum absolute atomic E-state index is 0. The Kier molecular flexibility index (Phi) is 5.26. The number of nitrogens with zero attached hydrogens (tertiary/aromatic N) is 2. The molecule has 7 heteroatoms. The third-order valence-corrected chi connectivity index (χ3v) is 3.16. The molecule has 0 aromatic heterocycles. The van der Waals surface area contributed by atoms with Crippen molar-refractivity contribution in [3.63, 3.8) is 0 Å². The zero-order valence-electron chi connectivity index (χ0n) is 10.3. The summed E-state index contributed by atoms with van der Waals surface area (Å²) in [5.74, 6) is -0.283. The first-order valence-electron chi connectivity index (χ1n) is 5.88. The number of nitrogens with two attached hydrogens (primary N) is 1. The van der Waals surface area contributed by atoms with Crippen LogP contribution in [0.15, 0.2) is 24.3 Å². The van der Waals surface area contributed by atoms with E-state index in [0.29, 0.717) is 13.1 Å². The van der Waals surface area contributed by atoms with Crippen LogP contribution in [0.4, 0.5) is 5.69 Å². The van der Waals surface area contributed by atoms with Crippen LogP contribution in [0.3, 0.4) is 0 Å². The molecular formula is C12H16ClN3O3. The number of hydrogen-bond acceptors (Lipinski definition) is 4. The summed E-state index contributed by atoms with van der Waals surface area (Å²) in [6.45, 7) is 1.12. The Labute approximate surface area is 117 Å². The molecule has 2 N–H and O–H groups in total. The summed E-state index contributed by atoms with van der Waals surface area (Å²) < 4.78 is 0. The zero-order chi connectivity index (χ0) is 13.1. The van der Waals surface area contributed by atoms with E-state index in [1.807, 2.05) is 0 Å². The number of carbonyl (C=O) groups is 1. The first-order chi connectivity index (χ1) is 8.59. The van der Waals surface area contributed by atoms with Crippen molar-refractivity contribution in [2.24, 2.45) is 5.73 Å². The molecule has 1 fully saturated rings. The second-order valence-corrected chi connectivity index (χ2v) is 4.40. The number of hydrogen-bond donors (Lipinski definition) is 1. The molecule has 19 heavy (non-hydrogen) atoms. The SMILES string of the molecule is Cl.NC1CCN(C(=O)c2ccccc2[N+](=O)[O-])CC1. The van der Waals surface area contributed by atoms with E-state index in [-0.39, 0.29) is 35.6 Å². The second-order valence-electron chi connectivity index (χ2n) is 4.40. The molecule has 1 aliphatic rings.